The van der Waals surface area contributed by atoms with Crippen molar-refractivity contribution in [2.45, 2.75) is 68.2 Å². The predicted octanol–water partition coefficient (Wildman–Crippen LogP) is 8.81. The summed E-state index contributed by atoms with van der Waals surface area (Å²) >= 11 is 0. The molecular formula is C27H43N. The molecule has 1 aromatic carbocycles. The normalized spacial score (nSPS) is 9.18. The lowest BCUT2D eigenvalue weighted by Gasteiger charge is -2.06. The van der Waals surface area contributed by atoms with Crippen molar-refractivity contribution in [3.05, 3.63) is 84.1 Å². The van der Waals surface area contributed by atoms with E-state index in [-0.39, 0.29) is 0 Å². The molecule has 0 aliphatic heterocycles. The Morgan fingerprint density at radius 3 is 1.96 bits per heavy atom. The van der Waals surface area contributed by atoms with Crippen molar-refractivity contribution in [2.75, 3.05) is 0 Å². The third-order valence-electron chi connectivity index (χ3n) is 4.01. The minimum Gasteiger partial charge on any atom is -0.348 e. The number of allylic oxidation sites excluding steroid dienone is 3. The summed E-state index contributed by atoms with van der Waals surface area (Å²) in [6.45, 7) is 20.1. The Balaban J connectivity index is 0. The molecule has 0 spiro atoms. The van der Waals surface area contributed by atoms with Crippen molar-refractivity contribution in [3.63, 3.8) is 0 Å². The largest absolute Gasteiger partial charge is 0.348 e. The third-order valence-corrected chi connectivity index (χ3v) is 4.01. The minimum atomic E-state index is 1.08. The van der Waals surface area contributed by atoms with Gasteiger partial charge >= 0.3 is 0 Å². The lowest BCUT2D eigenvalue weighted by molar-refractivity contribution is 0.905. The predicted molar refractivity (Wildman–Crippen MR) is 132 cm³/mol. The minimum absolute atomic E-state index is 1.08. The third kappa shape index (κ3) is 11.4. The number of fused-ring (bicyclic) bond motifs is 1. The van der Waals surface area contributed by atoms with Crippen LogP contribution in [0.3, 0.4) is 0 Å². The smallest absolute Gasteiger partial charge is 0.0481 e. The van der Waals surface area contributed by atoms with E-state index in [9.17, 15) is 0 Å². The van der Waals surface area contributed by atoms with E-state index in [1.165, 1.54) is 27.7 Å². The molecule has 0 aliphatic carbocycles. The molecule has 0 atom stereocenters. The van der Waals surface area contributed by atoms with Crippen LogP contribution in [0.4, 0.5) is 0 Å². The Morgan fingerprint density at radius 1 is 0.929 bits per heavy atom. The number of hydrogen-bond acceptors (Lipinski definition) is 0. The van der Waals surface area contributed by atoms with Gasteiger partial charge in [0.1, 0.15) is 0 Å². The van der Waals surface area contributed by atoms with Crippen molar-refractivity contribution in [1.82, 2.24) is 4.57 Å². The van der Waals surface area contributed by atoms with Crippen LogP contribution >= 0.6 is 0 Å². The highest BCUT2D eigenvalue weighted by molar-refractivity contribution is 5.81. The molecule has 0 saturated carbocycles. The summed E-state index contributed by atoms with van der Waals surface area (Å²) in [5.74, 6) is 0. The van der Waals surface area contributed by atoms with E-state index < -0.39 is 0 Å². The second-order valence-electron chi connectivity index (χ2n) is 6.30. The highest BCUT2D eigenvalue weighted by Gasteiger charge is 1.97. The standard InChI is InChI=1S/C16H19N.C5H10.C4H8.C2H6/c1-12-9-10-14(3)17(4)16-8-6-5-7-15(16)13(2)11-12;1-3-5-4-2;1-3-4-2;1-2/h5-11H,1-4H3;3,5H,4H2,1-2H3;3H,1,4H2,2H3;1-2H3/b;5-3-;;. The number of nitrogens with zero attached hydrogens (tertiary/aromatic N) is 1. The molecule has 1 aromatic heterocycles. The fourth-order valence-corrected chi connectivity index (χ4v) is 2.36. The average Bonchev–Trinajstić information content (AvgIpc) is 2.77. The van der Waals surface area contributed by atoms with E-state index in [1.54, 1.807) is 0 Å². The van der Waals surface area contributed by atoms with E-state index in [0.717, 1.165) is 12.8 Å². The summed E-state index contributed by atoms with van der Waals surface area (Å²) in [5.41, 5.74) is 5.11. The molecule has 1 heterocycles. The fourth-order valence-electron chi connectivity index (χ4n) is 2.36. The maximum Gasteiger partial charge on any atom is 0.0481 e. The second-order valence-corrected chi connectivity index (χ2v) is 6.30. The van der Waals surface area contributed by atoms with E-state index in [4.69, 9.17) is 0 Å². The summed E-state index contributed by atoms with van der Waals surface area (Å²) in [6.07, 6.45) is 8.30. The zero-order valence-corrected chi connectivity index (χ0v) is 19.8. The summed E-state index contributed by atoms with van der Waals surface area (Å²) in [5, 5.41) is 1.30. The molecule has 28 heavy (non-hydrogen) atoms. The van der Waals surface area contributed by atoms with Crippen molar-refractivity contribution < 1.29 is 0 Å². The Bertz CT molecular complexity index is 746. The fraction of sp³-hybridized carbons (Fsp3) is 0.407. The SMILES string of the molecule is C/C=C\CC.C=CCC.CC.Cc1ccc(C)n(C)c2ccccc2c(C)c1. The van der Waals surface area contributed by atoms with Crippen LogP contribution in [-0.2, 0) is 7.05 Å². The number of benzene rings is 1. The molecular weight excluding hydrogens is 338 g/mol. The first-order valence-corrected chi connectivity index (χ1v) is 10.5. The van der Waals surface area contributed by atoms with Crippen LogP contribution in [0.25, 0.3) is 10.9 Å². The van der Waals surface area contributed by atoms with Gasteiger partial charge in [-0.1, -0.05) is 81.8 Å². The zero-order chi connectivity index (χ0) is 21.9. The zero-order valence-electron chi connectivity index (χ0n) is 19.8. The summed E-state index contributed by atoms with van der Waals surface area (Å²) in [6, 6.07) is 15.1. The van der Waals surface area contributed by atoms with E-state index in [0.29, 0.717) is 0 Å². The number of rotatable bonds is 2. The van der Waals surface area contributed by atoms with E-state index in [1.807, 2.05) is 26.8 Å². The number of para-hydroxylation sites is 1. The van der Waals surface area contributed by atoms with Crippen LogP contribution in [0.15, 0.2) is 67.3 Å². The van der Waals surface area contributed by atoms with Gasteiger partial charge in [0.15, 0.2) is 0 Å². The molecule has 2 rings (SSSR count). The number of aromatic nitrogens is 1. The first kappa shape index (κ1) is 27.9. The number of hydrogen-bond donors (Lipinski definition) is 0. The molecule has 0 unspecified atom stereocenters. The molecule has 1 nitrogen and oxygen atoms in total. The van der Waals surface area contributed by atoms with Crippen LogP contribution in [-0.4, -0.2) is 4.57 Å². The van der Waals surface area contributed by atoms with Crippen LogP contribution in [0, 0.1) is 20.8 Å². The summed E-state index contributed by atoms with van der Waals surface area (Å²) < 4.78 is 2.24. The Morgan fingerprint density at radius 2 is 1.50 bits per heavy atom. The van der Waals surface area contributed by atoms with E-state index >= 15 is 0 Å². The van der Waals surface area contributed by atoms with Crippen molar-refractivity contribution >= 4 is 10.9 Å². The molecule has 0 N–H and O–H groups in total. The van der Waals surface area contributed by atoms with Gasteiger partial charge in [0.25, 0.3) is 0 Å². The molecule has 0 amide bonds. The monoisotopic (exact) mass is 381 g/mol. The van der Waals surface area contributed by atoms with Crippen molar-refractivity contribution in [1.29, 1.82) is 0 Å². The van der Waals surface area contributed by atoms with Crippen LogP contribution in [0.1, 0.15) is 64.3 Å². The van der Waals surface area contributed by atoms with Crippen molar-refractivity contribution in [2.24, 2.45) is 7.05 Å². The summed E-state index contributed by atoms with van der Waals surface area (Å²) in [4.78, 5) is 0. The lowest BCUT2D eigenvalue weighted by Crippen LogP contribution is -1.94. The van der Waals surface area contributed by atoms with Gasteiger partial charge in [-0.3, -0.25) is 0 Å². The molecule has 0 radical (unpaired) electrons. The van der Waals surface area contributed by atoms with Crippen molar-refractivity contribution in [3.8, 4) is 0 Å². The van der Waals surface area contributed by atoms with Gasteiger partial charge in [-0.2, -0.15) is 0 Å². The lowest BCUT2D eigenvalue weighted by atomic mass is 10.1. The first-order chi connectivity index (χ1) is 13.4. The van der Waals surface area contributed by atoms with Gasteiger partial charge in [0, 0.05) is 23.6 Å². The van der Waals surface area contributed by atoms with E-state index in [2.05, 4.69) is 107 Å². The Labute approximate surface area is 175 Å². The van der Waals surface area contributed by atoms with Gasteiger partial charge in [0.05, 0.1) is 0 Å². The highest BCUT2D eigenvalue weighted by atomic mass is 14.9. The Hall–Kier alpha value is -2.28. The average molecular weight is 382 g/mol. The quantitative estimate of drug-likeness (QED) is 0.458. The molecule has 0 fully saturated rings. The summed E-state index contributed by atoms with van der Waals surface area (Å²) in [7, 11) is 2.12. The van der Waals surface area contributed by atoms with Gasteiger partial charge in [0.2, 0.25) is 0 Å². The maximum atomic E-state index is 3.48. The molecule has 0 aliphatic rings. The number of aryl methyl sites for hydroxylation is 4. The molecule has 2 aromatic rings. The van der Waals surface area contributed by atoms with Crippen LogP contribution in [0.2, 0.25) is 0 Å². The second kappa shape index (κ2) is 18.1. The van der Waals surface area contributed by atoms with Crippen LogP contribution < -0.4 is 0 Å². The Kier molecular flexibility index (Phi) is 18.1. The van der Waals surface area contributed by atoms with Gasteiger partial charge < -0.3 is 4.57 Å². The molecule has 0 saturated heterocycles. The van der Waals surface area contributed by atoms with Gasteiger partial charge in [-0.05, 0) is 58.2 Å². The highest BCUT2D eigenvalue weighted by Crippen LogP contribution is 2.16. The maximum absolute atomic E-state index is 3.48. The first-order valence-electron chi connectivity index (χ1n) is 10.5. The molecule has 156 valence electrons. The molecule has 1 heteroatoms. The van der Waals surface area contributed by atoms with Gasteiger partial charge in [-0.15, -0.1) is 6.58 Å². The van der Waals surface area contributed by atoms with Gasteiger partial charge in [-0.25, -0.2) is 0 Å². The molecule has 0 bridgehead atoms. The van der Waals surface area contributed by atoms with Crippen LogP contribution in [0.5, 0.6) is 0 Å². The topological polar surface area (TPSA) is 4.93 Å².